The first-order valence-corrected chi connectivity index (χ1v) is 8.42. The van der Waals surface area contributed by atoms with Crippen LogP contribution in [0.15, 0.2) is 47.6 Å². The van der Waals surface area contributed by atoms with Crippen LogP contribution < -0.4 is 5.32 Å². The van der Waals surface area contributed by atoms with Gasteiger partial charge in [0, 0.05) is 5.56 Å². The summed E-state index contributed by atoms with van der Waals surface area (Å²) in [6, 6.07) is 11.0. The maximum Gasteiger partial charge on any atom is 0.237 e. The van der Waals surface area contributed by atoms with Crippen LogP contribution in [0.3, 0.4) is 0 Å². The fraction of sp³-hybridized carbons (Fsp3) is 0.118. The molecule has 0 unspecified atom stereocenters. The first-order valence-electron chi connectivity index (χ1n) is 7.54. The van der Waals surface area contributed by atoms with Gasteiger partial charge in [-0.05, 0) is 19.1 Å². The fourth-order valence-electron chi connectivity index (χ4n) is 2.09. The Balaban J connectivity index is 1.67. The molecule has 2 N–H and O–H groups in total. The van der Waals surface area contributed by atoms with Crippen molar-refractivity contribution in [3.8, 4) is 11.4 Å². The number of hydrogen-bond donors (Lipinski definition) is 2. The quantitative estimate of drug-likeness (QED) is 0.520. The van der Waals surface area contributed by atoms with Crippen LogP contribution in [-0.2, 0) is 4.79 Å². The number of thioether (sulfide) groups is 1. The van der Waals surface area contributed by atoms with Gasteiger partial charge in [0.25, 0.3) is 0 Å². The van der Waals surface area contributed by atoms with Crippen LogP contribution >= 0.6 is 11.8 Å². The van der Waals surface area contributed by atoms with Crippen LogP contribution in [-0.4, -0.2) is 26.3 Å². The zero-order valence-corrected chi connectivity index (χ0v) is 14.3. The molecule has 0 saturated carbocycles. The van der Waals surface area contributed by atoms with Crippen LogP contribution in [0, 0.1) is 17.5 Å². The van der Waals surface area contributed by atoms with Crippen LogP contribution in [0.4, 0.5) is 18.9 Å². The number of anilines is 1. The standard InChI is InChI=1S/C17H13F3N4OS/c1-9(16(25)21-12-8-7-11(18)13(19)14(12)20)26-17-22-15(23-24-17)10-5-3-2-4-6-10/h2-9H,1H3,(H,21,25)(H,22,23,24)/t9-/m1/s1. The highest BCUT2D eigenvalue weighted by atomic mass is 32.2. The van der Waals surface area contributed by atoms with E-state index in [2.05, 4.69) is 20.5 Å². The van der Waals surface area contributed by atoms with Gasteiger partial charge in [-0.25, -0.2) is 18.2 Å². The lowest BCUT2D eigenvalue weighted by atomic mass is 10.2. The second-order valence-corrected chi connectivity index (χ2v) is 6.61. The van der Waals surface area contributed by atoms with Crippen molar-refractivity contribution < 1.29 is 18.0 Å². The van der Waals surface area contributed by atoms with Gasteiger partial charge in [-0.1, -0.05) is 42.1 Å². The summed E-state index contributed by atoms with van der Waals surface area (Å²) in [5.74, 6) is -4.44. The molecule has 26 heavy (non-hydrogen) atoms. The lowest BCUT2D eigenvalue weighted by molar-refractivity contribution is -0.115. The van der Waals surface area contributed by atoms with Crippen molar-refractivity contribution in [2.24, 2.45) is 0 Å². The number of hydrogen-bond acceptors (Lipinski definition) is 4. The molecule has 3 rings (SSSR count). The summed E-state index contributed by atoms with van der Waals surface area (Å²) in [6.45, 7) is 1.57. The highest BCUT2D eigenvalue weighted by Gasteiger charge is 2.21. The van der Waals surface area contributed by atoms with Crippen molar-refractivity contribution in [2.45, 2.75) is 17.3 Å². The fourth-order valence-corrected chi connectivity index (χ4v) is 2.82. The molecule has 0 aliphatic carbocycles. The zero-order chi connectivity index (χ0) is 18.7. The smallest absolute Gasteiger partial charge is 0.237 e. The molecule has 0 aliphatic heterocycles. The van der Waals surface area contributed by atoms with Crippen molar-refractivity contribution in [3.63, 3.8) is 0 Å². The highest BCUT2D eigenvalue weighted by Crippen LogP contribution is 2.25. The molecule has 0 fully saturated rings. The SMILES string of the molecule is C[C@@H](Sc1n[nH]c(-c2ccccc2)n1)C(=O)Nc1ccc(F)c(F)c1F. The number of benzene rings is 2. The van der Waals surface area contributed by atoms with Gasteiger partial charge < -0.3 is 5.32 Å². The number of nitrogens with one attached hydrogen (secondary N) is 2. The maximum atomic E-state index is 13.6. The summed E-state index contributed by atoms with van der Waals surface area (Å²) < 4.78 is 39.8. The van der Waals surface area contributed by atoms with E-state index < -0.39 is 34.3 Å². The molecular formula is C17H13F3N4OS. The van der Waals surface area contributed by atoms with E-state index in [-0.39, 0.29) is 0 Å². The predicted octanol–water partition coefficient (Wildman–Crippen LogP) is 4.01. The van der Waals surface area contributed by atoms with E-state index in [0.29, 0.717) is 11.0 Å². The molecular weight excluding hydrogens is 365 g/mol. The van der Waals surface area contributed by atoms with Gasteiger partial charge in [0.1, 0.15) is 0 Å². The van der Waals surface area contributed by atoms with E-state index in [1.54, 1.807) is 6.92 Å². The third-order valence-corrected chi connectivity index (χ3v) is 4.42. The molecule has 1 amide bonds. The van der Waals surface area contributed by atoms with Crippen LogP contribution in [0.1, 0.15) is 6.92 Å². The molecule has 1 atom stereocenters. The van der Waals surface area contributed by atoms with Gasteiger partial charge >= 0.3 is 0 Å². The number of nitrogens with zero attached hydrogens (tertiary/aromatic N) is 2. The van der Waals surface area contributed by atoms with Gasteiger partial charge in [-0.2, -0.15) is 0 Å². The Labute approximate surface area is 151 Å². The highest BCUT2D eigenvalue weighted by molar-refractivity contribution is 8.00. The Morgan fingerprint density at radius 3 is 2.58 bits per heavy atom. The monoisotopic (exact) mass is 378 g/mol. The molecule has 5 nitrogen and oxygen atoms in total. The predicted molar refractivity (Wildman–Crippen MR) is 92.1 cm³/mol. The molecule has 1 aromatic heterocycles. The van der Waals surface area contributed by atoms with Gasteiger partial charge in [-0.3, -0.25) is 9.89 Å². The molecule has 1 heterocycles. The largest absolute Gasteiger partial charge is 0.323 e. The van der Waals surface area contributed by atoms with E-state index in [4.69, 9.17) is 0 Å². The number of amides is 1. The molecule has 0 spiro atoms. The van der Waals surface area contributed by atoms with Crippen molar-refractivity contribution in [1.82, 2.24) is 15.2 Å². The number of rotatable bonds is 5. The van der Waals surface area contributed by atoms with Crippen LogP contribution in [0.2, 0.25) is 0 Å². The molecule has 0 radical (unpaired) electrons. The van der Waals surface area contributed by atoms with Crippen molar-refractivity contribution >= 4 is 23.4 Å². The van der Waals surface area contributed by atoms with E-state index in [9.17, 15) is 18.0 Å². The third kappa shape index (κ3) is 3.88. The van der Waals surface area contributed by atoms with E-state index >= 15 is 0 Å². The lowest BCUT2D eigenvalue weighted by Crippen LogP contribution is -2.23. The van der Waals surface area contributed by atoms with Gasteiger partial charge in [-0.15, -0.1) is 5.10 Å². The van der Waals surface area contributed by atoms with Crippen molar-refractivity contribution in [2.75, 3.05) is 5.32 Å². The zero-order valence-electron chi connectivity index (χ0n) is 13.5. The first-order chi connectivity index (χ1) is 12.5. The number of H-pyrrole nitrogens is 1. The van der Waals surface area contributed by atoms with Gasteiger partial charge in [0.05, 0.1) is 10.9 Å². The maximum absolute atomic E-state index is 13.6. The first kappa shape index (κ1) is 18.0. The molecule has 134 valence electrons. The Morgan fingerprint density at radius 1 is 1.12 bits per heavy atom. The Bertz CT molecular complexity index is 933. The van der Waals surface area contributed by atoms with Crippen LogP contribution in [0.5, 0.6) is 0 Å². The summed E-state index contributed by atoms with van der Waals surface area (Å²) in [5, 5.41) is 8.67. The second-order valence-electron chi connectivity index (χ2n) is 5.30. The molecule has 9 heteroatoms. The minimum absolute atomic E-state index is 0.331. The van der Waals surface area contributed by atoms with Gasteiger partial charge in [0.2, 0.25) is 11.1 Å². The number of carbonyl (C=O) groups is 1. The number of halogens is 3. The third-order valence-electron chi connectivity index (χ3n) is 3.46. The number of aromatic amines is 1. The normalized spacial score (nSPS) is 12.0. The van der Waals surface area contributed by atoms with Crippen LogP contribution in [0.25, 0.3) is 11.4 Å². The number of carbonyl (C=O) groups excluding carboxylic acids is 1. The Hall–Kier alpha value is -2.81. The number of aromatic nitrogens is 3. The average molecular weight is 378 g/mol. The molecule has 0 bridgehead atoms. The van der Waals surface area contributed by atoms with E-state index in [1.807, 2.05) is 30.3 Å². The van der Waals surface area contributed by atoms with Crippen molar-refractivity contribution in [1.29, 1.82) is 0 Å². The Kier molecular flexibility index (Phi) is 5.27. The molecule has 0 aliphatic rings. The van der Waals surface area contributed by atoms with Gasteiger partial charge in [0.15, 0.2) is 23.3 Å². The summed E-state index contributed by atoms with van der Waals surface area (Å²) in [5.41, 5.74) is 0.411. The van der Waals surface area contributed by atoms with E-state index in [0.717, 1.165) is 29.5 Å². The summed E-state index contributed by atoms with van der Waals surface area (Å²) in [7, 11) is 0. The average Bonchev–Trinajstić information content (AvgIpc) is 3.11. The molecule has 0 saturated heterocycles. The summed E-state index contributed by atoms with van der Waals surface area (Å²) >= 11 is 1.04. The summed E-state index contributed by atoms with van der Waals surface area (Å²) in [4.78, 5) is 16.4. The molecule has 3 aromatic rings. The Morgan fingerprint density at radius 2 is 1.85 bits per heavy atom. The minimum Gasteiger partial charge on any atom is -0.323 e. The topological polar surface area (TPSA) is 70.7 Å². The lowest BCUT2D eigenvalue weighted by Gasteiger charge is -2.11. The summed E-state index contributed by atoms with van der Waals surface area (Å²) in [6.07, 6.45) is 0. The van der Waals surface area contributed by atoms with E-state index in [1.165, 1.54) is 0 Å². The molecule has 2 aromatic carbocycles. The second kappa shape index (κ2) is 7.61. The minimum atomic E-state index is -1.63. The van der Waals surface area contributed by atoms with Crippen molar-refractivity contribution in [3.05, 3.63) is 59.9 Å².